The zero-order chi connectivity index (χ0) is 23.0. The Bertz CT molecular complexity index is 848. The van der Waals surface area contributed by atoms with Gasteiger partial charge >= 0.3 is 0 Å². The lowest BCUT2D eigenvalue weighted by atomic mass is 10.1. The fourth-order valence-electron chi connectivity index (χ4n) is 3.26. The Morgan fingerprint density at radius 3 is 2.42 bits per heavy atom. The number of hydrogen-bond acceptors (Lipinski definition) is 4. The molecule has 6 nitrogen and oxygen atoms in total. The lowest BCUT2D eigenvalue weighted by molar-refractivity contribution is -0.127. The molecule has 1 amide bonds. The van der Waals surface area contributed by atoms with E-state index in [4.69, 9.17) is 0 Å². The van der Waals surface area contributed by atoms with Crippen LogP contribution in [0.4, 0.5) is 14.6 Å². The van der Waals surface area contributed by atoms with Crippen LogP contribution in [-0.4, -0.2) is 59.8 Å². The Morgan fingerprint density at radius 2 is 1.94 bits per heavy atom. The van der Waals surface area contributed by atoms with Gasteiger partial charge in [0, 0.05) is 58.1 Å². The van der Waals surface area contributed by atoms with E-state index in [0.717, 1.165) is 24.9 Å². The summed E-state index contributed by atoms with van der Waals surface area (Å²) >= 11 is 0. The second-order valence-electron chi connectivity index (χ2n) is 7.30. The summed E-state index contributed by atoms with van der Waals surface area (Å²) in [6.45, 7) is 10.7. The van der Waals surface area contributed by atoms with E-state index in [-0.39, 0.29) is 11.5 Å². The molecule has 0 aromatic carbocycles. The van der Waals surface area contributed by atoms with Gasteiger partial charge in [-0.25, -0.2) is 18.8 Å². The smallest absolute Gasteiger partial charge is 0.272 e. The summed E-state index contributed by atoms with van der Waals surface area (Å²) in [5.41, 5.74) is 0.698. The van der Waals surface area contributed by atoms with Crippen molar-refractivity contribution < 1.29 is 13.6 Å². The van der Waals surface area contributed by atoms with Gasteiger partial charge in [-0.15, -0.1) is 0 Å². The molecule has 168 valence electrons. The minimum atomic E-state index is -2.94. The number of aromatic nitrogens is 1. The van der Waals surface area contributed by atoms with Gasteiger partial charge in [-0.3, -0.25) is 4.79 Å². The second-order valence-corrected chi connectivity index (χ2v) is 7.30. The summed E-state index contributed by atoms with van der Waals surface area (Å²) in [5.74, 6) is -1.72. The van der Waals surface area contributed by atoms with Gasteiger partial charge in [0.1, 0.15) is 5.82 Å². The quantitative estimate of drug-likeness (QED) is 0.369. The predicted octanol–water partition coefficient (Wildman–Crippen LogP) is 4.19. The minimum absolute atomic E-state index is 0.0787. The zero-order valence-corrected chi connectivity index (χ0v) is 18.7. The number of likely N-dealkylation sites (N-methyl/N-ethyl adjacent to an activating group) is 1. The molecule has 0 bridgehead atoms. The molecule has 1 saturated heterocycles. The van der Waals surface area contributed by atoms with Crippen LogP contribution < -0.4 is 4.90 Å². The summed E-state index contributed by atoms with van der Waals surface area (Å²) in [4.78, 5) is 26.6. The van der Waals surface area contributed by atoms with E-state index >= 15 is 0 Å². The third-order valence-corrected chi connectivity index (χ3v) is 5.00. The van der Waals surface area contributed by atoms with E-state index in [2.05, 4.69) is 21.5 Å². The molecule has 8 heteroatoms. The van der Waals surface area contributed by atoms with Gasteiger partial charge in [-0.2, -0.15) is 0 Å². The van der Waals surface area contributed by atoms with E-state index in [1.807, 2.05) is 37.9 Å². The summed E-state index contributed by atoms with van der Waals surface area (Å²) in [5, 5.41) is 0. The molecule has 0 radical (unpaired) electrons. The number of carbonyl (C=O) groups excluding carboxylic acids is 1. The van der Waals surface area contributed by atoms with Gasteiger partial charge in [-0.05, 0) is 31.6 Å². The van der Waals surface area contributed by atoms with Crippen molar-refractivity contribution in [1.82, 2.24) is 14.8 Å². The van der Waals surface area contributed by atoms with Crippen LogP contribution in [0.25, 0.3) is 0 Å². The van der Waals surface area contributed by atoms with E-state index in [1.165, 1.54) is 18.3 Å². The molecule has 1 fully saturated rings. The molecule has 0 spiro atoms. The number of carbonyl (C=O) groups is 1. The predicted molar refractivity (Wildman–Crippen MR) is 121 cm³/mol. The third kappa shape index (κ3) is 6.23. The lowest BCUT2D eigenvalue weighted by Crippen LogP contribution is -2.51. The van der Waals surface area contributed by atoms with Gasteiger partial charge in [-0.1, -0.05) is 25.7 Å². The van der Waals surface area contributed by atoms with E-state index in [1.54, 1.807) is 17.2 Å². The molecule has 0 saturated carbocycles. The highest BCUT2D eigenvalue weighted by molar-refractivity contribution is 6.01. The fourth-order valence-corrected chi connectivity index (χ4v) is 3.26. The number of aliphatic imine (C=N–C) groups is 1. The van der Waals surface area contributed by atoms with Gasteiger partial charge in [0.25, 0.3) is 5.92 Å². The van der Waals surface area contributed by atoms with Crippen molar-refractivity contribution in [3.05, 3.63) is 60.6 Å². The Morgan fingerprint density at radius 1 is 1.29 bits per heavy atom. The van der Waals surface area contributed by atoms with Gasteiger partial charge in [0.2, 0.25) is 5.91 Å². The molecule has 1 aromatic rings. The summed E-state index contributed by atoms with van der Waals surface area (Å²) in [6.07, 6.45) is 8.90. The van der Waals surface area contributed by atoms with Gasteiger partial charge < -0.3 is 14.7 Å². The molecule has 31 heavy (non-hydrogen) atoms. The number of pyridine rings is 1. The minimum Gasteiger partial charge on any atom is -0.351 e. The van der Waals surface area contributed by atoms with E-state index < -0.39 is 5.92 Å². The molecule has 0 unspecified atom stereocenters. The van der Waals surface area contributed by atoms with Crippen LogP contribution in [0.15, 0.2) is 60.0 Å². The molecule has 0 aliphatic carbocycles. The highest BCUT2D eigenvalue weighted by Crippen LogP contribution is 2.28. The number of piperazine rings is 1. The average molecular weight is 432 g/mol. The maximum absolute atomic E-state index is 13.6. The van der Waals surface area contributed by atoms with Crippen molar-refractivity contribution in [3.63, 3.8) is 0 Å². The molecule has 1 aliphatic heterocycles. The first kappa shape index (κ1) is 24.2. The number of allylic oxidation sites excluding steroid dienone is 2. The summed E-state index contributed by atoms with van der Waals surface area (Å²) in [6, 6.07) is 2.98. The number of hydrogen-bond donors (Lipinski definition) is 0. The molecule has 1 aromatic heterocycles. The SMILES string of the molecule is C=CC(=O)N1CCN(C(=N/C=C\C)/C(=C/CC)N(C)c2ccc(C(C)(F)F)cn2)CC1. The summed E-state index contributed by atoms with van der Waals surface area (Å²) in [7, 11) is 1.84. The van der Waals surface area contributed by atoms with Crippen LogP contribution in [0.2, 0.25) is 0 Å². The van der Waals surface area contributed by atoms with Crippen molar-refractivity contribution in [2.24, 2.45) is 4.99 Å². The maximum Gasteiger partial charge on any atom is 0.272 e. The lowest BCUT2D eigenvalue weighted by Gasteiger charge is -2.38. The first-order valence-corrected chi connectivity index (χ1v) is 10.4. The molecule has 0 N–H and O–H groups in total. The second kappa shape index (κ2) is 10.8. The van der Waals surface area contributed by atoms with Crippen LogP contribution in [0.5, 0.6) is 0 Å². The monoisotopic (exact) mass is 431 g/mol. The largest absolute Gasteiger partial charge is 0.351 e. The highest BCUT2D eigenvalue weighted by atomic mass is 19.3. The van der Waals surface area contributed by atoms with Crippen LogP contribution in [0.3, 0.4) is 0 Å². The number of alkyl halides is 2. The van der Waals surface area contributed by atoms with Crippen molar-refractivity contribution >= 4 is 17.6 Å². The van der Waals surface area contributed by atoms with E-state index in [0.29, 0.717) is 32.0 Å². The Kier molecular flexibility index (Phi) is 8.47. The van der Waals surface area contributed by atoms with Crippen LogP contribution in [0, 0.1) is 0 Å². The Labute approximate surface area is 183 Å². The van der Waals surface area contributed by atoms with E-state index in [9.17, 15) is 13.6 Å². The summed E-state index contributed by atoms with van der Waals surface area (Å²) < 4.78 is 27.1. The maximum atomic E-state index is 13.6. The zero-order valence-electron chi connectivity index (χ0n) is 18.7. The fraction of sp³-hybridized carbons (Fsp3) is 0.435. The van der Waals surface area contributed by atoms with Crippen LogP contribution in [-0.2, 0) is 10.7 Å². The molecule has 0 atom stereocenters. The molecular formula is C23H31F2N5O. The number of amides is 1. The molecule has 2 heterocycles. The first-order valence-electron chi connectivity index (χ1n) is 10.4. The molecule has 2 rings (SSSR count). The number of nitrogens with zero attached hydrogens (tertiary/aromatic N) is 5. The number of halogens is 2. The Balaban J connectivity index is 2.32. The number of amidine groups is 1. The van der Waals surface area contributed by atoms with Gasteiger partial charge in [0.05, 0.1) is 5.70 Å². The Hall–Kier alpha value is -3.03. The van der Waals surface area contributed by atoms with Gasteiger partial charge in [0.15, 0.2) is 5.84 Å². The van der Waals surface area contributed by atoms with Crippen molar-refractivity contribution in [1.29, 1.82) is 0 Å². The van der Waals surface area contributed by atoms with Crippen molar-refractivity contribution in [3.8, 4) is 0 Å². The average Bonchev–Trinajstić information content (AvgIpc) is 2.77. The first-order chi connectivity index (χ1) is 14.7. The van der Waals surface area contributed by atoms with Crippen molar-refractivity contribution in [2.75, 3.05) is 38.1 Å². The molecule has 1 aliphatic rings. The van der Waals surface area contributed by atoms with Crippen molar-refractivity contribution in [2.45, 2.75) is 33.1 Å². The number of anilines is 1. The van der Waals surface area contributed by atoms with Crippen LogP contribution in [0.1, 0.15) is 32.8 Å². The molecular weight excluding hydrogens is 400 g/mol. The third-order valence-electron chi connectivity index (χ3n) is 5.00. The standard InChI is InChI=1S/C23H31F2N5O/c1-6-9-19(28(5)20-11-10-18(17-27-20)23(4,24)25)22(26-12-7-2)30-15-13-29(14-16-30)21(31)8-3/h7-12,17H,3,6,13-16H2,1-2,4-5H3/b12-7-,19-9-,26-22+. The highest BCUT2D eigenvalue weighted by Gasteiger charge is 2.27. The topological polar surface area (TPSA) is 52.0 Å². The van der Waals surface area contributed by atoms with Crippen LogP contribution >= 0.6 is 0 Å². The normalized spacial score (nSPS) is 16.1. The number of rotatable bonds is 7.